The lowest BCUT2D eigenvalue weighted by molar-refractivity contribution is 0.0986. The molecule has 6 nitrogen and oxygen atoms in total. The highest BCUT2D eigenvalue weighted by Gasteiger charge is 2.22. The minimum atomic E-state index is -1.47. The van der Waals surface area contributed by atoms with Gasteiger partial charge in [0.05, 0.1) is 25.5 Å². The molecule has 7 heteroatoms. The van der Waals surface area contributed by atoms with Crippen molar-refractivity contribution in [2.45, 2.75) is 13.0 Å². The van der Waals surface area contributed by atoms with Gasteiger partial charge in [-0.25, -0.2) is 0 Å². The summed E-state index contributed by atoms with van der Waals surface area (Å²) in [5.74, 6) is 0.817. The van der Waals surface area contributed by atoms with Crippen LogP contribution in [0.4, 0.5) is 5.82 Å². The molecule has 1 atom stereocenters. The van der Waals surface area contributed by atoms with Gasteiger partial charge < -0.3 is 19.7 Å². The van der Waals surface area contributed by atoms with E-state index in [0.717, 1.165) is 23.1 Å². The number of hydrogen-bond donors (Lipinski definition) is 2. The molecule has 2 N–H and O–H groups in total. The summed E-state index contributed by atoms with van der Waals surface area (Å²) in [6, 6.07) is 5.52. The molecule has 1 unspecified atom stereocenters. The van der Waals surface area contributed by atoms with Gasteiger partial charge in [-0.15, -0.1) is 5.10 Å². The van der Waals surface area contributed by atoms with Crippen LogP contribution in [0.1, 0.15) is 6.92 Å². The highest BCUT2D eigenvalue weighted by molar-refractivity contribution is 6.58. The van der Waals surface area contributed by atoms with Crippen molar-refractivity contribution in [3.8, 4) is 0 Å². The number of morpholine rings is 1. The van der Waals surface area contributed by atoms with Gasteiger partial charge in [-0.05, 0) is 12.4 Å². The lowest BCUT2D eigenvalue weighted by atomic mass is 9.79. The molecule has 0 bridgehead atoms. The van der Waals surface area contributed by atoms with Crippen molar-refractivity contribution in [1.82, 2.24) is 10.2 Å². The van der Waals surface area contributed by atoms with Crippen molar-refractivity contribution in [2.24, 2.45) is 0 Å². The van der Waals surface area contributed by atoms with Gasteiger partial charge in [0.2, 0.25) is 0 Å². The molecule has 0 saturated carbocycles. The summed E-state index contributed by atoms with van der Waals surface area (Å²) in [5.41, 5.74) is 0.450. The molecule has 2 aromatic rings. The van der Waals surface area contributed by atoms with Gasteiger partial charge >= 0.3 is 7.12 Å². The van der Waals surface area contributed by atoms with Gasteiger partial charge in [-0.1, -0.05) is 18.2 Å². The second kappa shape index (κ2) is 5.36. The van der Waals surface area contributed by atoms with Crippen molar-refractivity contribution in [2.75, 3.05) is 24.7 Å². The van der Waals surface area contributed by atoms with E-state index in [0.29, 0.717) is 18.7 Å². The Morgan fingerprint density at radius 3 is 3.00 bits per heavy atom. The normalized spacial score (nSPS) is 19.4. The van der Waals surface area contributed by atoms with Crippen LogP contribution in [-0.2, 0) is 4.74 Å². The predicted octanol–water partition coefficient (Wildman–Crippen LogP) is -0.465. The highest BCUT2D eigenvalue weighted by Crippen LogP contribution is 2.25. The van der Waals surface area contributed by atoms with Gasteiger partial charge in [0.15, 0.2) is 5.82 Å². The summed E-state index contributed by atoms with van der Waals surface area (Å²) in [5, 5.41) is 28.6. The van der Waals surface area contributed by atoms with Gasteiger partial charge in [-0.3, -0.25) is 0 Å². The molecule has 0 spiro atoms. The number of hydrogen-bond acceptors (Lipinski definition) is 6. The summed E-state index contributed by atoms with van der Waals surface area (Å²) < 4.78 is 5.44. The average Bonchev–Trinajstić information content (AvgIpc) is 2.46. The summed E-state index contributed by atoms with van der Waals surface area (Å²) in [7, 11) is -1.47. The lowest BCUT2D eigenvalue weighted by Crippen LogP contribution is -2.44. The SMILES string of the molecule is CC1COCCN1c1nncc2cc(B(O)O)ccc12. The summed E-state index contributed by atoms with van der Waals surface area (Å²) in [6.45, 7) is 4.21. The number of nitrogens with zero attached hydrogens (tertiary/aromatic N) is 3. The first-order valence-corrected chi connectivity index (χ1v) is 6.62. The van der Waals surface area contributed by atoms with Crippen LogP contribution in [0.5, 0.6) is 0 Å². The van der Waals surface area contributed by atoms with Gasteiger partial charge in [0.25, 0.3) is 0 Å². The predicted molar refractivity (Wildman–Crippen MR) is 77.0 cm³/mol. The zero-order valence-electron chi connectivity index (χ0n) is 11.2. The van der Waals surface area contributed by atoms with Crippen LogP contribution in [0.15, 0.2) is 24.4 Å². The maximum Gasteiger partial charge on any atom is 0.488 e. The topological polar surface area (TPSA) is 78.7 Å². The van der Waals surface area contributed by atoms with Gasteiger partial charge in [-0.2, -0.15) is 5.10 Å². The van der Waals surface area contributed by atoms with Crippen molar-refractivity contribution in [3.63, 3.8) is 0 Å². The number of benzene rings is 1. The Bertz CT molecular complexity index is 623. The van der Waals surface area contributed by atoms with Crippen LogP contribution in [-0.4, -0.2) is 53.2 Å². The average molecular weight is 273 g/mol. The van der Waals surface area contributed by atoms with Crippen molar-refractivity contribution < 1.29 is 14.8 Å². The van der Waals surface area contributed by atoms with Gasteiger partial charge in [0.1, 0.15) is 0 Å². The standard InChI is InChI=1S/C13H16BN3O3/c1-9-8-20-5-4-17(9)13-12-3-2-11(14(18)19)6-10(12)7-15-16-13/h2-3,6-7,9,18-19H,4-5,8H2,1H3. The Morgan fingerprint density at radius 1 is 1.40 bits per heavy atom. The van der Waals surface area contributed by atoms with E-state index in [2.05, 4.69) is 22.0 Å². The smallest absolute Gasteiger partial charge is 0.423 e. The lowest BCUT2D eigenvalue weighted by Gasteiger charge is -2.34. The molecule has 3 rings (SSSR count). The maximum absolute atomic E-state index is 9.24. The first-order chi connectivity index (χ1) is 9.66. The first-order valence-electron chi connectivity index (χ1n) is 6.62. The number of ether oxygens (including phenoxy) is 1. The molecule has 20 heavy (non-hydrogen) atoms. The Hall–Kier alpha value is -1.70. The number of anilines is 1. The monoisotopic (exact) mass is 273 g/mol. The zero-order valence-corrected chi connectivity index (χ0v) is 11.2. The molecule has 1 aromatic carbocycles. The third kappa shape index (κ3) is 2.35. The minimum absolute atomic E-state index is 0.242. The van der Waals surface area contributed by atoms with E-state index >= 15 is 0 Å². The van der Waals surface area contributed by atoms with E-state index in [9.17, 15) is 10.0 Å². The van der Waals surface area contributed by atoms with Crippen LogP contribution in [0, 0.1) is 0 Å². The molecule has 104 valence electrons. The molecule has 1 fully saturated rings. The Kier molecular flexibility index (Phi) is 3.56. The van der Waals surface area contributed by atoms with Gasteiger partial charge in [0, 0.05) is 17.3 Å². The fraction of sp³-hybridized carbons (Fsp3) is 0.385. The van der Waals surface area contributed by atoms with E-state index in [4.69, 9.17) is 4.74 Å². The fourth-order valence-corrected chi connectivity index (χ4v) is 2.51. The highest BCUT2D eigenvalue weighted by atomic mass is 16.5. The van der Waals surface area contributed by atoms with Crippen LogP contribution < -0.4 is 10.4 Å². The van der Waals surface area contributed by atoms with Crippen molar-refractivity contribution in [3.05, 3.63) is 24.4 Å². The maximum atomic E-state index is 9.24. The van der Waals surface area contributed by atoms with Crippen LogP contribution >= 0.6 is 0 Å². The Morgan fingerprint density at radius 2 is 2.25 bits per heavy atom. The molecule has 0 aliphatic carbocycles. The summed E-state index contributed by atoms with van der Waals surface area (Å²) in [4.78, 5) is 2.17. The van der Waals surface area contributed by atoms with Crippen LogP contribution in [0.25, 0.3) is 10.8 Å². The number of aromatic nitrogens is 2. The van der Waals surface area contributed by atoms with E-state index in [1.807, 2.05) is 6.07 Å². The van der Waals surface area contributed by atoms with E-state index in [1.165, 1.54) is 0 Å². The number of rotatable bonds is 2. The van der Waals surface area contributed by atoms with E-state index in [-0.39, 0.29) is 6.04 Å². The molecule has 0 radical (unpaired) electrons. The molecule has 2 heterocycles. The molecule has 1 saturated heterocycles. The van der Waals surface area contributed by atoms with E-state index < -0.39 is 7.12 Å². The fourth-order valence-electron chi connectivity index (χ4n) is 2.51. The van der Waals surface area contributed by atoms with E-state index in [1.54, 1.807) is 18.3 Å². The van der Waals surface area contributed by atoms with Crippen LogP contribution in [0.2, 0.25) is 0 Å². The minimum Gasteiger partial charge on any atom is -0.423 e. The quantitative estimate of drug-likeness (QED) is 0.720. The second-order valence-corrected chi connectivity index (χ2v) is 5.01. The first kappa shape index (κ1) is 13.3. The number of fused-ring (bicyclic) bond motifs is 1. The third-order valence-corrected chi connectivity index (χ3v) is 3.60. The zero-order chi connectivity index (χ0) is 14.1. The molecular weight excluding hydrogens is 257 g/mol. The molecule has 1 aliphatic rings. The van der Waals surface area contributed by atoms with Crippen molar-refractivity contribution >= 4 is 29.2 Å². The summed E-state index contributed by atoms with van der Waals surface area (Å²) >= 11 is 0. The second-order valence-electron chi connectivity index (χ2n) is 5.01. The van der Waals surface area contributed by atoms with Crippen LogP contribution in [0.3, 0.4) is 0 Å². The Balaban J connectivity index is 2.07. The molecule has 1 aliphatic heterocycles. The molecular formula is C13H16BN3O3. The molecule has 0 amide bonds. The summed E-state index contributed by atoms with van der Waals surface area (Å²) in [6.07, 6.45) is 1.63. The van der Waals surface area contributed by atoms with Crippen molar-refractivity contribution in [1.29, 1.82) is 0 Å². The third-order valence-electron chi connectivity index (χ3n) is 3.60. The largest absolute Gasteiger partial charge is 0.488 e. The Labute approximate surface area is 117 Å². The molecule has 1 aromatic heterocycles.